The summed E-state index contributed by atoms with van der Waals surface area (Å²) in [6.45, 7) is 2.99. The standard InChI is InChI=1S/C20H23N5OS/c26-20(25-9-4-5-16(13-25)12-24-10-8-21-15-24)22-11-19-23-18(14-27-19)17-6-2-1-3-7-17/h1-3,6-8,10,14-16H,4-5,9,11-13H2,(H,22,26)/t16-/m0/s1. The van der Waals surface area contributed by atoms with E-state index in [9.17, 15) is 4.79 Å². The van der Waals surface area contributed by atoms with Gasteiger partial charge in [0.25, 0.3) is 0 Å². The monoisotopic (exact) mass is 381 g/mol. The summed E-state index contributed by atoms with van der Waals surface area (Å²) in [5.74, 6) is 0.475. The van der Waals surface area contributed by atoms with Gasteiger partial charge in [-0.05, 0) is 18.8 Å². The summed E-state index contributed by atoms with van der Waals surface area (Å²) in [7, 11) is 0. The van der Waals surface area contributed by atoms with Gasteiger partial charge in [0.15, 0.2) is 0 Å². The minimum Gasteiger partial charge on any atom is -0.337 e. The van der Waals surface area contributed by atoms with Crippen molar-refractivity contribution in [1.82, 2.24) is 24.8 Å². The minimum atomic E-state index is 0.00166. The maximum Gasteiger partial charge on any atom is 0.317 e. The van der Waals surface area contributed by atoms with Gasteiger partial charge in [0, 0.05) is 43.0 Å². The average Bonchev–Trinajstić information content (AvgIpc) is 3.39. The number of likely N-dealkylation sites (tertiary alicyclic amines) is 1. The third kappa shape index (κ3) is 4.54. The number of benzene rings is 1. The number of nitrogens with zero attached hydrogens (tertiary/aromatic N) is 4. The molecule has 7 heteroatoms. The number of rotatable bonds is 5. The Morgan fingerprint density at radius 1 is 1.30 bits per heavy atom. The Morgan fingerprint density at radius 3 is 3.00 bits per heavy atom. The van der Waals surface area contributed by atoms with Gasteiger partial charge in [0.05, 0.1) is 18.6 Å². The third-order valence-corrected chi connectivity index (χ3v) is 5.70. The van der Waals surface area contributed by atoms with E-state index in [2.05, 4.69) is 19.9 Å². The quantitative estimate of drug-likeness (QED) is 0.734. The van der Waals surface area contributed by atoms with Crippen molar-refractivity contribution in [3.63, 3.8) is 0 Å². The highest BCUT2D eigenvalue weighted by atomic mass is 32.1. The molecule has 0 aliphatic carbocycles. The molecule has 1 atom stereocenters. The van der Waals surface area contributed by atoms with E-state index < -0.39 is 0 Å². The van der Waals surface area contributed by atoms with Crippen LogP contribution in [0.4, 0.5) is 4.79 Å². The number of carbonyl (C=O) groups is 1. The van der Waals surface area contributed by atoms with Crippen LogP contribution in [0.5, 0.6) is 0 Å². The summed E-state index contributed by atoms with van der Waals surface area (Å²) in [5, 5.41) is 5.99. The molecule has 3 heterocycles. The summed E-state index contributed by atoms with van der Waals surface area (Å²) in [5.41, 5.74) is 2.06. The van der Waals surface area contributed by atoms with E-state index in [4.69, 9.17) is 0 Å². The topological polar surface area (TPSA) is 63.1 Å². The van der Waals surface area contributed by atoms with E-state index in [1.165, 1.54) is 0 Å². The highest BCUT2D eigenvalue weighted by Crippen LogP contribution is 2.22. The largest absolute Gasteiger partial charge is 0.337 e. The first-order chi connectivity index (χ1) is 13.3. The molecule has 3 aromatic rings. The fourth-order valence-corrected chi connectivity index (χ4v) is 4.23. The molecule has 4 rings (SSSR count). The van der Waals surface area contributed by atoms with E-state index in [0.717, 1.165) is 48.7 Å². The van der Waals surface area contributed by atoms with Gasteiger partial charge in [-0.25, -0.2) is 14.8 Å². The van der Waals surface area contributed by atoms with Crippen molar-refractivity contribution in [2.24, 2.45) is 5.92 Å². The van der Waals surface area contributed by atoms with Crippen LogP contribution in [0, 0.1) is 5.92 Å². The van der Waals surface area contributed by atoms with E-state index in [-0.39, 0.29) is 6.03 Å². The molecule has 6 nitrogen and oxygen atoms in total. The van der Waals surface area contributed by atoms with Crippen LogP contribution in [0.1, 0.15) is 17.8 Å². The van der Waals surface area contributed by atoms with Crippen LogP contribution in [0.2, 0.25) is 0 Å². The molecular formula is C20H23N5OS. The Labute approximate surface area is 162 Å². The van der Waals surface area contributed by atoms with Crippen LogP contribution in [0.3, 0.4) is 0 Å². The van der Waals surface area contributed by atoms with E-state index in [1.807, 2.05) is 53.1 Å². The number of urea groups is 1. The van der Waals surface area contributed by atoms with Crippen molar-refractivity contribution in [3.8, 4) is 11.3 Å². The number of imidazole rings is 1. The van der Waals surface area contributed by atoms with Crippen molar-refractivity contribution >= 4 is 17.4 Å². The minimum absolute atomic E-state index is 0.00166. The van der Waals surface area contributed by atoms with Crippen molar-refractivity contribution in [2.45, 2.75) is 25.9 Å². The number of aromatic nitrogens is 3. The van der Waals surface area contributed by atoms with Crippen LogP contribution in [-0.4, -0.2) is 38.6 Å². The molecule has 2 amide bonds. The molecule has 0 spiro atoms. The second kappa shape index (κ2) is 8.35. The Morgan fingerprint density at radius 2 is 2.19 bits per heavy atom. The lowest BCUT2D eigenvalue weighted by molar-refractivity contribution is 0.159. The molecule has 1 aliphatic rings. The van der Waals surface area contributed by atoms with Gasteiger partial charge in [-0.1, -0.05) is 30.3 Å². The van der Waals surface area contributed by atoms with E-state index in [0.29, 0.717) is 12.5 Å². The SMILES string of the molecule is O=C(NCc1nc(-c2ccccc2)cs1)N1CCC[C@@H](Cn2ccnc2)C1. The number of hydrogen-bond donors (Lipinski definition) is 1. The molecule has 1 aromatic carbocycles. The number of piperidine rings is 1. The van der Waals surface area contributed by atoms with Crippen LogP contribution >= 0.6 is 11.3 Å². The number of amides is 2. The zero-order valence-electron chi connectivity index (χ0n) is 15.1. The lowest BCUT2D eigenvalue weighted by Crippen LogP contribution is -2.45. The molecule has 1 N–H and O–H groups in total. The zero-order chi connectivity index (χ0) is 18.5. The summed E-state index contributed by atoms with van der Waals surface area (Å²) in [4.78, 5) is 23.2. The first-order valence-electron chi connectivity index (χ1n) is 9.26. The number of thiazole rings is 1. The maximum atomic E-state index is 12.6. The summed E-state index contributed by atoms with van der Waals surface area (Å²) in [6.07, 6.45) is 7.81. The van der Waals surface area contributed by atoms with Crippen molar-refractivity contribution in [1.29, 1.82) is 0 Å². The third-order valence-electron chi connectivity index (χ3n) is 4.85. The molecule has 0 saturated carbocycles. The van der Waals surface area contributed by atoms with Gasteiger partial charge >= 0.3 is 6.03 Å². The molecule has 0 unspecified atom stereocenters. The molecule has 1 fully saturated rings. The number of hydrogen-bond acceptors (Lipinski definition) is 4. The van der Waals surface area contributed by atoms with E-state index >= 15 is 0 Å². The molecule has 27 heavy (non-hydrogen) atoms. The highest BCUT2D eigenvalue weighted by molar-refractivity contribution is 7.09. The molecule has 1 aliphatic heterocycles. The Kier molecular flexibility index (Phi) is 5.48. The number of nitrogens with one attached hydrogen (secondary N) is 1. The first kappa shape index (κ1) is 17.7. The maximum absolute atomic E-state index is 12.6. The lowest BCUT2D eigenvalue weighted by atomic mass is 9.98. The Bertz CT molecular complexity index is 862. The van der Waals surface area contributed by atoms with Gasteiger partial charge < -0.3 is 14.8 Å². The van der Waals surface area contributed by atoms with Crippen LogP contribution < -0.4 is 5.32 Å². The predicted octanol–water partition coefficient (Wildman–Crippen LogP) is 3.63. The summed E-state index contributed by atoms with van der Waals surface area (Å²) in [6, 6.07) is 10.1. The van der Waals surface area contributed by atoms with Gasteiger partial charge in [-0.3, -0.25) is 0 Å². The van der Waals surface area contributed by atoms with Gasteiger partial charge in [-0.15, -0.1) is 11.3 Å². The normalized spacial score (nSPS) is 17.0. The van der Waals surface area contributed by atoms with Gasteiger partial charge in [-0.2, -0.15) is 0 Å². The van der Waals surface area contributed by atoms with Crippen LogP contribution in [0.15, 0.2) is 54.4 Å². The molecule has 1 saturated heterocycles. The van der Waals surface area contributed by atoms with Crippen molar-refractivity contribution in [2.75, 3.05) is 13.1 Å². The van der Waals surface area contributed by atoms with Crippen molar-refractivity contribution in [3.05, 3.63) is 59.4 Å². The second-order valence-electron chi connectivity index (χ2n) is 6.86. The predicted molar refractivity (Wildman–Crippen MR) is 106 cm³/mol. The molecule has 2 aromatic heterocycles. The highest BCUT2D eigenvalue weighted by Gasteiger charge is 2.23. The number of carbonyl (C=O) groups excluding carboxylic acids is 1. The fraction of sp³-hybridized carbons (Fsp3) is 0.350. The molecular weight excluding hydrogens is 358 g/mol. The van der Waals surface area contributed by atoms with Gasteiger partial charge in [0.1, 0.15) is 5.01 Å². The Hall–Kier alpha value is -2.67. The fourth-order valence-electron chi connectivity index (χ4n) is 3.49. The summed E-state index contributed by atoms with van der Waals surface area (Å²) >= 11 is 1.58. The first-order valence-corrected chi connectivity index (χ1v) is 10.1. The smallest absolute Gasteiger partial charge is 0.317 e. The zero-order valence-corrected chi connectivity index (χ0v) is 15.9. The molecule has 140 valence electrons. The van der Waals surface area contributed by atoms with Crippen LogP contribution in [-0.2, 0) is 13.1 Å². The van der Waals surface area contributed by atoms with Crippen molar-refractivity contribution < 1.29 is 4.79 Å². The van der Waals surface area contributed by atoms with Gasteiger partial charge in [0.2, 0.25) is 0 Å². The lowest BCUT2D eigenvalue weighted by Gasteiger charge is -2.32. The summed E-state index contributed by atoms with van der Waals surface area (Å²) < 4.78 is 2.09. The molecule has 0 radical (unpaired) electrons. The molecule has 0 bridgehead atoms. The van der Waals surface area contributed by atoms with Crippen LogP contribution in [0.25, 0.3) is 11.3 Å². The average molecular weight is 382 g/mol. The Balaban J connectivity index is 1.29. The van der Waals surface area contributed by atoms with E-state index in [1.54, 1.807) is 17.5 Å². The second-order valence-corrected chi connectivity index (χ2v) is 7.81.